The third-order valence-corrected chi connectivity index (χ3v) is 6.03. The van der Waals surface area contributed by atoms with E-state index in [4.69, 9.17) is 4.74 Å². The van der Waals surface area contributed by atoms with Gasteiger partial charge in [-0.15, -0.1) is 15.7 Å². The molecule has 0 saturated heterocycles. The van der Waals surface area contributed by atoms with Crippen LogP contribution in [-0.2, 0) is 24.3 Å². The third kappa shape index (κ3) is 4.20. The number of fused-ring (bicyclic) bond motifs is 1. The average Bonchev–Trinajstić information content (AvgIpc) is 3.14. The Morgan fingerprint density at radius 2 is 2.23 bits per heavy atom. The molecule has 0 bridgehead atoms. The summed E-state index contributed by atoms with van der Waals surface area (Å²) >= 11 is 1.43. The summed E-state index contributed by atoms with van der Waals surface area (Å²) < 4.78 is 31.5. The van der Waals surface area contributed by atoms with Crippen LogP contribution in [-0.4, -0.2) is 50.4 Å². The molecule has 2 aliphatic rings. The van der Waals surface area contributed by atoms with Gasteiger partial charge in [0, 0.05) is 17.6 Å². The lowest BCUT2D eigenvalue weighted by Crippen LogP contribution is -2.38. The second-order valence-electron chi connectivity index (χ2n) is 5.67. The van der Waals surface area contributed by atoms with Crippen LogP contribution < -0.4 is 5.32 Å². The number of nitrogens with one attached hydrogen (secondary N) is 1. The van der Waals surface area contributed by atoms with Gasteiger partial charge in [-0.2, -0.15) is 0 Å². The molecule has 2 aliphatic heterocycles. The van der Waals surface area contributed by atoms with Gasteiger partial charge in [0.1, 0.15) is 5.84 Å². The number of esters is 1. The lowest BCUT2D eigenvalue weighted by atomic mass is 10.1. The number of amides is 1. The Bertz CT molecular complexity index is 900. The zero-order chi connectivity index (χ0) is 18.7. The molecule has 138 valence electrons. The molecule has 26 heavy (non-hydrogen) atoms. The first-order chi connectivity index (χ1) is 12.4. The molecule has 1 N–H and O–H groups in total. The maximum Gasteiger partial charge on any atom is 0.307 e. The van der Waals surface area contributed by atoms with E-state index in [1.807, 2.05) is 17.5 Å². The van der Waals surface area contributed by atoms with Gasteiger partial charge in [0.05, 0.1) is 30.9 Å². The Morgan fingerprint density at radius 1 is 1.42 bits per heavy atom. The fraction of sp³-hybridized carbons (Fsp3) is 0.312. The number of carbonyl (C=O) groups is 2. The maximum atomic E-state index is 12.6. The van der Waals surface area contributed by atoms with E-state index in [1.165, 1.54) is 30.6 Å². The van der Waals surface area contributed by atoms with E-state index in [0.29, 0.717) is 5.57 Å². The van der Waals surface area contributed by atoms with E-state index in [1.54, 1.807) is 11.1 Å². The van der Waals surface area contributed by atoms with E-state index >= 15 is 0 Å². The van der Waals surface area contributed by atoms with Crippen LogP contribution in [0, 0.1) is 0 Å². The van der Waals surface area contributed by atoms with E-state index < -0.39 is 22.0 Å². The summed E-state index contributed by atoms with van der Waals surface area (Å²) in [7, 11) is -2.14. The van der Waals surface area contributed by atoms with Crippen LogP contribution in [0.5, 0.6) is 0 Å². The van der Waals surface area contributed by atoms with E-state index in [0.717, 1.165) is 4.88 Å². The third-order valence-electron chi connectivity index (χ3n) is 3.88. The molecule has 0 spiro atoms. The molecule has 1 aromatic rings. The molecule has 1 atom stereocenters. The van der Waals surface area contributed by atoms with Gasteiger partial charge in [-0.1, -0.05) is 6.07 Å². The summed E-state index contributed by atoms with van der Waals surface area (Å²) in [6.07, 6.45) is 4.59. The first-order valence-corrected chi connectivity index (χ1v) is 10.3. The number of hydrogen-bond donors (Lipinski definition) is 1. The summed E-state index contributed by atoms with van der Waals surface area (Å²) in [5.41, 5.74) is 0.356. The summed E-state index contributed by atoms with van der Waals surface area (Å²) in [5, 5.41) is 4.70. The van der Waals surface area contributed by atoms with Crippen molar-refractivity contribution in [2.24, 2.45) is 4.40 Å². The number of hydrogen-bond acceptors (Lipinski definition) is 7. The normalized spacial score (nSPS) is 19.0. The Balaban J connectivity index is 1.75. The average molecular weight is 395 g/mol. The molecule has 1 unspecified atom stereocenters. The zero-order valence-corrected chi connectivity index (χ0v) is 15.5. The molecular weight excluding hydrogens is 378 g/mol. The standard InChI is InChI=1S/C16H17N3O5S2/c1-24-15(20)9-12(13-3-2-7-25-13)17-16(21)11-4-5-14-18-26(22,23)8-6-19(14)10-11/h2-5,7,10,12H,6,8-9H2,1H3,(H,17,21). The van der Waals surface area contributed by atoms with Gasteiger partial charge < -0.3 is 15.0 Å². The summed E-state index contributed by atoms with van der Waals surface area (Å²) in [6.45, 7) is 0.235. The fourth-order valence-electron chi connectivity index (χ4n) is 2.54. The van der Waals surface area contributed by atoms with Crippen molar-refractivity contribution in [3.63, 3.8) is 0 Å². The smallest absolute Gasteiger partial charge is 0.307 e. The van der Waals surface area contributed by atoms with Gasteiger partial charge in [-0.05, 0) is 23.6 Å². The van der Waals surface area contributed by atoms with Crippen molar-refractivity contribution in [2.75, 3.05) is 19.4 Å². The quantitative estimate of drug-likeness (QED) is 0.745. The number of methoxy groups -OCH3 is 1. The number of thiophene rings is 1. The molecule has 0 aromatic carbocycles. The largest absolute Gasteiger partial charge is 0.469 e. The van der Waals surface area contributed by atoms with Gasteiger partial charge in [-0.25, -0.2) is 8.42 Å². The number of rotatable bonds is 5. The van der Waals surface area contributed by atoms with Crippen LogP contribution in [0.15, 0.2) is 45.8 Å². The number of ether oxygens (including phenoxy) is 1. The fourth-order valence-corrected chi connectivity index (χ4v) is 4.29. The molecule has 1 aromatic heterocycles. The molecule has 0 saturated carbocycles. The molecular formula is C16H17N3O5S2. The van der Waals surface area contributed by atoms with Crippen LogP contribution in [0.25, 0.3) is 0 Å². The monoisotopic (exact) mass is 395 g/mol. The number of nitrogens with zero attached hydrogens (tertiary/aromatic N) is 2. The lowest BCUT2D eigenvalue weighted by Gasteiger charge is -2.27. The van der Waals surface area contributed by atoms with E-state index in [2.05, 4.69) is 9.71 Å². The van der Waals surface area contributed by atoms with Gasteiger partial charge in [0.15, 0.2) is 0 Å². The SMILES string of the molecule is COC(=O)CC(NC(=O)C1=CN2CCS(=O)(=O)N=C2C=C1)c1cccs1. The van der Waals surface area contributed by atoms with Crippen molar-refractivity contribution in [3.8, 4) is 0 Å². The molecule has 8 nitrogen and oxygen atoms in total. The topological polar surface area (TPSA) is 105 Å². The summed E-state index contributed by atoms with van der Waals surface area (Å²) in [4.78, 5) is 26.7. The van der Waals surface area contributed by atoms with Crippen molar-refractivity contribution >= 4 is 39.1 Å². The molecule has 0 aliphatic carbocycles. The highest BCUT2D eigenvalue weighted by Crippen LogP contribution is 2.24. The van der Waals surface area contributed by atoms with Crippen molar-refractivity contribution in [2.45, 2.75) is 12.5 Å². The predicted molar refractivity (Wildman–Crippen MR) is 97.0 cm³/mol. The second kappa shape index (κ2) is 7.42. The Labute approximate surface area is 154 Å². The van der Waals surface area contributed by atoms with Gasteiger partial charge in [-0.3, -0.25) is 9.59 Å². The molecule has 3 rings (SSSR count). The highest BCUT2D eigenvalue weighted by Gasteiger charge is 2.26. The molecule has 10 heteroatoms. The summed E-state index contributed by atoms with van der Waals surface area (Å²) in [6, 6.07) is 3.18. The maximum absolute atomic E-state index is 12.6. The van der Waals surface area contributed by atoms with Crippen molar-refractivity contribution in [3.05, 3.63) is 46.3 Å². The molecule has 3 heterocycles. The second-order valence-corrected chi connectivity index (χ2v) is 8.40. The summed E-state index contributed by atoms with van der Waals surface area (Å²) in [5.74, 6) is -0.601. The Morgan fingerprint density at radius 3 is 2.92 bits per heavy atom. The minimum atomic E-state index is -3.44. The minimum Gasteiger partial charge on any atom is -0.469 e. The highest BCUT2D eigenvalue weighted by atomic mass is 32.2. The van der Waals surface area contributed by atoms with Crippen LogP contribution in [0.2, 0.25) is 0 Å². The Kier molecular flexibility index (Phi) is 5.23. The van der Waals surface area contributed by atoms with Gasteiger partial charge in [0.2, 0.25) is 0 Å². The predicted octanol–water partition coefficient (Wildman–Crippen LogP) is 0.966. The minimum absolute atomic E-state index is 0.0222. The number of amidine groups is 1. The van der Waals surface area contributed by atoms with Crippen molar-refractivity contribution in [1.82, 2.24) is 10.2 Å². The van der Waals surface area contributed by atoms with Gasteiger partial charge >= 0.3 is 5.97 Å². The Hall–Kier alpha value is -2.46. The van der Waals surface area contributed by atoms with Crippen LogP contribution in [0.4, 0.5) is 0 Å². The zero-order valence-electron chi connectivity index (χ0n) is 13.9. The van der Waals surface area contributed by atoms with Crippen LogP contribution in [0.3, 0.4) is 0 Å². The molecule has 1 amide bonds. The van der Waals surface area contributed by atoms with Crippen molar-refractivity contribution in [1.29, 1.82) is 0 Å². The number of carbonyl (C=O) groups excluding carboxylic acids is 2. The molecule has 0 fully saturated rings. The van der Waals surface area contributed by atoms with E-state index in [-0.39, 0.29) is 30.5 Å². The van der Waals surface area contributed by atoms with Crippen LogP contribution >= 0.6 is 11.3 Å². The number of sulfonamides is 1. The lowest BCUT2D eigenvalue weighted by molar-refractivity contribution is -0.141. The van der Waals surface area contributed by atoms with E-state index in [9.17, 15) is 18.0 Å². The first-order valence-electron chi connectivity index (χ1n) is 7.78. The highest BCUT2D eigenvalue weighted by molar-refractivity contribution is 7.90. The van der Waals surface area contributed by atoms with Crippen molar-refractivity contribution < 1.29 is 22.7 Å². The first kappa shape index (κ1) is 18.3. The molecule has 0 radical (unpaired) electrons. The van der Waals surface area contributed by atoms with Crippen LogP contribution in [0.1, 0.15) is 17.3 Å². The van der Waals surface area contributed by atoms with Gasteiger partial charge in [0.25, 0.3) is 15.9 Å².